The standard InChI is InChI=1S/C46H29NO2/c1-2-13-29(14-3-1)47-37-22-10-8-19-34(37)43-36(21-12-23-38(43)47)42-30-15-4-6-17-32(30)44(33-18-7-5-16-31(33)42)41-27-28-25-26-40-45(46(28)49-41)35-20-9-11-24-39(35)48-40/h1-26,41H,27H2. The first kappa shape index (κ1) is 26.7. The topological polar surface area (TPSA) is 27.3 Å². The Hall–Kier alpha value is -6.32. The van der Waals surface area contributed by atoms with Gasteiger partial charge in [0, 0.05) is 33.8 Å². The fourth-order valence-electron chi connectivity index (χ4n) is 8.55. The third kappa shape index (κ3) is 3.73. The van der Waals surface area contributed by atoms with E-state index in [9.17, 15) is 0 Å². The fraction of sp³-hybridized carbons (Fsp3) is 0.0435. The van der Waals surface area contributed by atoms with Crippen LogP contribution in [0.1, 0.15) is 17.2 Å². The van der Waals surface area contributed by atoms with Crippen molar-refractivity contribution in [1.29, 1.82) is 0 Å². The molecule has 1 atom stereocenters. The van der Waals surface area contributed by atoms with Crippen molar-refractivity contribution >= 4 is 65.3 Å². The first-order valence-corrected chi connectivity index (χ1v) is 16.9. The molecule has 0 aliphatic carbocycles. The number of nitrogens with zero attached hydrogens (tertiary/aromatic N) is 1. The van der Waals surface area contributed by atoms with Crippen LogP contribution in [0.3, 0.4) is 0 Å². The van der Waals surface area contributed by atoms with E-state index in [2.05, 4.69) is 150 Å². The molecule has 0 N–H and O–H groups in total. The molecule has 0 bridgehead atoms. The predicted octanol–water partition coefficient (Wildman–Crippen LogP) is 12.3. The summed E-state index contributed by atoms with van der Waals surface area (Å²) in [6.07, 6.45) is 0.673. The number of benzene rings is 8. The monoisotopic (exact) mass is 627 g/mol. The molecule has 0 radical (unpaired) electrons. The highest BCUT2D eigenvalue weighted by atomic mass is 16.5. The highest BCUT2D eigenvalue weighted by Gasteiger charge is 2.32. The number of ether oxygens (including phenoxy) is 1. The van der Waals surface area contributed by atoms with Gasteiger partial charge in [-0.25, -0.2) is 0 Å². The lowest BCUT2D eigenvalue weighted by atomic mass is 9.85. The van der Waals surface area contributed by atoms with Gasteiger partial charge in [-0.2, -0.15) is 0 Å². The molecular formula is C46H29NO2. The van der Waals surface area contributed by atoms with Crippen LogP contribution in [0.15, 0.2) is 162 Å². The van der Waals surface area contributed by atoms with Gasteiger partial charge < -0.3 is 13.7 Å². The molecule has 3 heteroatoms. The number of fused-ring (bicyclic) bond motifs is 10. The summed E-state index contributed by atoms with van der Waals surface area (Å²) in [5.41, 5.74) is 10.3. The van der Waals surface area contributed by atoms with Crippen molar-refractivity contribution in [3.8, 4) is 22.6 Å². The van der Waals surface area contributed by atoms with E-state index >= 15 is 0 Å². The second-order valence-corrected chi connectivity index (χ2v) is 13.1. The number of aromatic nitrogens is 1. The zero-order valence-corrected chi connectivity index (χ0v) is 26.6. The summed E-state index contributed by atoms with van der Waals surface area (Å²) in [5.74, 6) is 0.947. The highest BCUT2D eigenvalue weighted by Crippen LogP contribution is 2.50. The number of hydrogen-bond acceptors (Lipinski definition) is 2. The lowest BCUT2D eigenvalue weighted by molar-refractivity contribution is 0.244. The van der Waals surface area contributed by atoms with Crippen LogP contribution in [0.5, 0.6) is 5.75 Å². The lowest BCUT2D eigenvalue weighted by Crippen LogP contribution is -2.06. The fourth-order valence-corrected chi connectivity index (χ4v) is 8.55. The summed E-state index contributed by atoms with van der Waals surface area (Å²) in [6.45, 7) is 0. The molecule has 0 saturated carbocycles. The minimum Gasteiger partial charge on any atom is -0.484 e. The van der Waals surface area contributed by atoms with Crippen LogP contribution in [0.2, 0.25) is 0 Å². The van der Waals surface area contributed by atoms with Gasteiger partial charge >= 0.3 is 0 Å². The Morgan fingerprint density at radius 3 is 1.88 bits per heavy atom. The van der Waals surface area contributed by atoms with Crippen LogP contribution >= 0.6 is 0 Å². The van der Waals surface area contributed by atoms with E-state index in [4.69, 9.17) is 9.15 Å². The van der Waals surface area contributed by atoms with E-state index < -0.39 is 0 Å². The largest absolute Gasteiger partial charge is 0.484 e. The van der Waals surface area contributed by atoms with Crippen LogP contribution in [0, 0.1) is 0 Å². The molecule has 8 aromatic carbocycles. The molecule has 10 aromatic rings. The highest BCUT2D eigenvalue weighted by molar-refractivity contribution is 6.23. The Labute approximate surface area is 282 Å². The molecule has 3 heterocycles. The minimum absolute atomic E-state index is 0.131. The summed E-state index contributed by atoms with van der Waals surface area (Å²) >= 11 is 0. The first-order chi connectivity index (χ1) is 24.3. The maximum atomic E-state index is 7.05. The van der Waals surface area contributed by atoms with Crippen LogP contribution in [0.4, 0.5) is 0 Å². The van der Waals surface area contributed by atoms with Crippen molar-refractivity contribution in [2.75, 3.05) is 0 Å². The third-order valence-electron chi connectivity index (χ3n) is 10.5. The van der Waals surface area contributed by atoms with Crippen molar-refractivity contribution in [1.82, 2.24) is 4.57 Å². The van der Waals surface area contributed by atoms with Gasteiger partial charge in [-0.3, -0.25) is 0 Å². The van der Waals surface area contributed by atoms with Gasteiger partial charge in [-0.05, 0) is 74.6 Å². The summed E-state index contributed by atoms with van der Waals surface area (Å²) in [7, 11) is 0. The summed E-state index contributed by atoms with van der Waals surface area (Å²) in [6, 6.07) is 56.6. The SMILES string of the molecule is c1ccc(-n2c3ccccc3c3c(-c4c5ccccc5c(C5Cc6ccc7oc8ccccc8c7c6O5)c5ccccc45)cccc32)cc1. The van der Waals surface area contributed by atoms with Gasteiger partial charge in [0.2, 0.25) is 0 Å². The Morgan fingerprint density at radius 2 is 1.10 bits per heavy atom. The normalized spacial score (nSPS) is 14.4. The molecular weight excluding hydrogens is 599 g/mol. The lowest BCUT2D eigenvalue weighted by Gasteiger charge is -2.21. The van der Waals surface area contributed by atoms with E-state index in [1.807, 2.05) is 12.1 Å². The first-order valence-electron chi connectivity index (χ1n) is 16.9. The molecule has 3 nitrogen and oxygen atoms in total. The van der Waals surface area contributed by atoms with Crippen LogP contribution in [-0.2, 0) is 6.42 Å². The molecule has 230 valence electrons. The molecule has 49 heavy (non-hydrogen) atoms. The van der Waals surface area contributed by atoms with Crippen LogP contribution in [0.25, 0.3) is 82.1 Å². The number of para-hydroxylation sites is 3. The van der Waals surface area contributed by atoms with Gasteiger partial charge in [0.1, 0.15) is 23.0 Å². The van der Waals surface area contributed by atoms with E-state index in [1.165, 1.54) is 65.6 Å². The van der Waals surface area contributed by atoms with Gasteiger partial charge in [0.15, 0.2) is 0 Å². The summed E-state index contributed by atoms with van der Waals surface area (Å²) in [5, 5.41) is 9.61. The molecule has 0 saturated heterocycles. The molecule has 1 unspecified atom stereocenters. The quantitative estimate of drug-likeness (QED) is 0.182. The maximum Gasteiger partial charge on any atom is 0.139 e. The zero-order valence-electron chi connectivity index (χ0n) is 26.6. The summed E-state index contributed by atoms with van der Waals surface area (Å²) in [4.78, 5) is 0. The van der Waals surface area contributed by atoms with Crippen molar-refractivity contribution < 1.29 is 9.15 Å². The second-order valence-electron chi connectivity index (χ2n) is 13.1. The average molecular weight is 628 g/mol. The van der Waals surface area contributed by atoms with Gasteiger partial charge in [0.05, 0.1) is 16.4 Å². The van der Waals surface area contributed by atoms with Gasteiger partial charge in [-0.1, -0.05) is 121 Å². The van der Waals surface area contributed by atoms with Crippen LogP contribution < -0.4 is 4.74 Å². The van der Waals surface area contributed by atoms with Crippen molar-refractivity contribution in [2.24, 2.45) is 0 Å². The second kappa shape index (κ2) is 10.1. The zero-order chi connectivity index (χ0) is 32.1. The van der Waals surface area contributed by atoms with Crippen molar-refractivity contribution in [3.63, 3.8) is 0 Å². The Morgan fingerprint density at radius 1 is 0.469 bits per heavy atom. The van der Waals surface area contributed by atoms with Gasteiger partial charge in [0.25, 0.3) is 0 Å². The average Bonchev–Trinajstić information content (AvgIpc) is 3.86. The summed E-state index contributed by atoms with van der Waals surface area (Å²) < 4.78 is 15.7. The number of rotatable bonds is 3. The molecule has 1 aliphatic heterocycles. The van der Waals surface area contributed by atoms with Crippen molar-refractivity contribution in [2.45, 2.75) is 12.5 Å². The predicted molar refractivity (Wildman–Crippen MR) is 202 cm³/mol. The third-order valence-corrected chi connectivity index (χ3v) is 10.5. The number of hydrogen-bond donors (Lipinski definition) is 0. The minimum atomic E-state index is -0.131. The molecule has 0 fully saturated rings. The van der Waals surface area contributed by atoms with E-state index in [1.54, 1.807) is 0 Å². The molecule has 0 spiro atoms. The molecule has 2 aromatic heterocycles. The Kier molecular flexibility index (Phi) is 5.50. The van der Waals surface area contributed by atoms with Crippen LogP contribution in [-0.4, -0.2) is 4.57 Å². The molecule has 1 aliphatic rings. The Bertz CT molecular complexity index is 2890. The van der Waals surface area contributed by atoms with Gasteiger partial charge in [-0.15, -0.1) is 0 Å². The van der Waals surface area contributed by atoms with E-state index in [-0.39, 0.29) is 6.10 Å². The maximum absolute atomic E-state index is 7.05. The van der Waals surface area contributed by atoms with E-state index in [0.717, 1.165) is 39.8 Å². The molecule has 0 amide bonds. The smallest absolute Gasteiger partial charge is 0.139 e. The van der Waals surface area contributed by atoms with E-state index in [0.29, 0.717) is 0 Å². The van der Waals surface area contributed by atoms with Crippen molar-refractivity contribution in [3.05, 3.63) is 169 Å². The Balaban J connectivity index is 1.19. The number of furan rings is 1. The molecule has 11 rings (SSSR count).